The van der Waals surface area contributed by atoms with Gasteiger partial charge >= 0.3 is 0 Å². The van der Waals surface area contributed by atoms with Crippen LogP contribution < -0.4 is 5.32 Å². The van der Waals surface area contributed by atoms with E-state index in [1.165, 1.54) is 21.9 Å². The van der Waals surface area contributed by atoms with E-state index >= 15 is 0 Å². The molecule has 0 aliphatic carbocycles. The van der Waals surface area contributed by atoms with Gasteiger partial charge in [-0.15, -0.1) is 0 Å². The van der Waals surface area contributed by atoms with E-state index in [4.69, 9.17) is 5.26 Å². The van der Waals surface area contributed by atoms with Crippen molar-refractivity contribution in [1.29, 1.82) is 5.26 Å². The number of hydrogen-bond donors (Lipinski definition) is 2. The minimum atomic E-state index is -0.410. The number of likely N-dealkylation sites (tertiary alicyclic amines) is 1. The van der Waals surface area contributed by atoms with E-state index in [2.05, 4.69) is 72.6 Å². The maximum absolute atomic E-state index is 11.0. The molecule has 1 fully saturated rings. The fourth-order valence-corrected chi connectivity index (χ4v) is 4.84. The standard InChI is InChI=1S/C28H33N3O/c1-28(2,17-23-13-14-24-6-3-4-7-25(24)16-23)30-19-27(32)26-8-5-15-31(26)20-22-11-9-21(18-29)10-12-22/h3-4,6-7,9-14,16,26-27,30,32H,5,8,15,17,19-20H2,1-2H3/t26-,27-/m1/s1. The van der Waals surface area contributed by atoms with Gasteiger partial charge < -0.3 is 10.4 Å². The summed E-state index contributed by atoms with van der Waals surface area (Å²) >= 11 is 0. The summed E-state index contributed by atoms with van der Waals surface area (Å²) in [7, 11) is 0. The Bertz CT molecular complexity index is 1080. The molecule has 1 heterocycles. The van der Waals surface area contributed by atoms with Crippen LogP contribution in [0.3, 0.4) is 0 Å². The second-order valence-electron chi connectivity index (χ2n) is 9.68. The molecule has 1 saturated heterocycles. The first-order valence-electron chi connectivity index (χ1n) is 11.6. The van der Waals surface area contributed by atoms with Crippen LogP contribution in [0.2, 0.25) is 0 Å². The van der Waals surface area contributed by atoms with Crippen LogP contribution in [0, 0.1) is 11.3 Å². The number of fused-ring (bicyclic) bond motifs is 1. The van der Waals surface area contributed by atoms with Crippen molar-refractivity contribution in [2.75, 3.05) is 13.1 Å². The second-order valence-corrected chi connectivity index (χ2v) is 9.68. The molecule has 3 aromatic rings. The summed E-state index contributed by atoms with van der Waals surface area (Å²) < 4.78 is 0. The zero-order chi connectivity index (χ0) is 22.6. The highest BCUT2D eigenvalue weighted by Crippen LogP contribution is 2.24. The van der Waals surface area contributed by atoms with Crippen molar-refractivity contribution < 1.29 is 5.11 Å². The second kappa shape index (κ2) is 9.83. The third kappa shape index (κ3) is 5.55. The molecular formula is C28H33N3O. The molecule has 2 N–H and O–H groups in total. The first kappa shape index (κ1) is 22.5. The molecule has 0 unspecified atom stereocenters. The van der Waals surface area contributed by atoms with Crippen LogP contribution in [-0.2, 0) is 13.0 Å². The summed E-state index contributed by atoms with van der Waals surface area (Å²) in [6.45, 7) is 6.81. The highest BCUT2D eigenvalue weighted by Gasteiger charge is 2.31. The smallest absolute Gasteiger partial charge is 0.0991 e. The molecule has 0 spiro atoms. The molecule has 0 bridgehead atoms. The Morgan fingerprint density at radius 2 is 1.78 bits per heavy atom. The van der Waals surface area contributed by atoms with Gasteiger partial charge in [-0.2, -0.15) is 5.26 Å². The topological polar surface area (TPSA) is 59.3 Å². The van der Waals surface area contributed by atoms with E-state index in [9.17, 15) is 5.11 Å². The predicted molar refractivity (Wildman–Crippen MR) is 130 cm³/mol. The number of nitriles is 1. The molecule has 0 aromatic heterocycles. The van der Waals surface area contributed by atoms with Gasteiger partial charge in [0.25, 0.3) is 0 Å². The van der Waals surface area contributed by atoms with Gasteiger partial charge in [-0.3, -0.25) is 4.90 Å². The lowest BCUT2D eigenvalue weighted by molar-refractivity contribution is 0.0633. The number of aliphatic hydroxyl groups is 1. The molecule has 0 amide bonds. The Hall–Kier alpha value is -2.71. The Kier molecular flexibility index (Phi) is 6.91. The molecule has 166 valence electrons. The van der Waals surface area contributed by atoms with Crippen molar-refractivity contribution >= 4 is 10.8 Å². The van der Waals surface area contributed by atoms with Crippen LogP contribution in [0.4, 0.5) is 0 Å². The first-order chi connectivity index (χ1) is 15.4. The molecule has 0 saturated carbocycles. The highest BCUT2D eigenvalue weighted by atomic mass is 16.3. The van der Waals surface area contributed by atoms with Gasteiger partial charge in [-0.1, -0.05) is 54.6 Å². The van der Waals surface area contributed by atoms with Crippen LogP contribution in [0.5, 0.6) is 0 Å². The zero-order valence-corrected chi connectivity index (χ0v) is 19.1. The third-order valence-electron chi connectivity index (χ3n) is 6.58. The van der Waals surface area contributed by atoms with Gasteiger partial charge in [0.05, 0.1) is 17.7 Å². The number of nitrogens with one attached hydrogen (secondary N) is 1. The SMILES string of the molecule is CC(C)(Cc1ccc2ccccc2c1)NC[C@@H](O)[C@H]1CCCN1Cc1ccc(C#N)cc1. The number of benzene rings is 3. The summed E-state index contributed by atoms with van der Waals surface area (Å²) in [5.74, 6) is 0. The van der Waals surface area contributed by atoms with Crippen LogP contribution in [0.25, 0.3) is 10.8 Å². The van der Waals surface area contributed by atoms with Crippen molar-refractivity contribution in [2.24, 2.45) is 0 Å². The lowest BCUT2D eigenvalue weighted by atomic mass is 9.93. The number of rotatable bonds is 8. The first-order valence-corrected chi connectivity index (χ1v) is 11.6. The Labute approximate surface area is 191 Å². The van der Waals surface area contributed by atoms with Crippen molar-refractivity contribution in [3.63, 3.8) is 0 Å². The van der Waals surface area contributed by atoms with Crippen LogP contribution >= 0.6 is 0 Å². The van der Waals surface area contributed by atoms with Gasteiger partial charge in [0.2, 0.25) is 0 Å². The molecule has 1 aliphatic heterocycles. The monoisotopic (exact) mass is 427 g/mol. The Morgan fingerprint density at radius 1 is 1.06 bits per heavy atom. The van der Waals surface area contributed by atoms with Gasteiger partial charge in [0.1, 0.15) is 0 Å². The number of hydrogen-bond acceptors (Lipinski definition) is 4. The summed E-state index contributed by atoms with van der Waals surface area (Å²) in [4.78, 5) is 2.38. The minimum absolute atomic E-state index is 0.111. The fourth-order valence-electron chi connectivity index (χ4n) is 4.84. The quantitative estimate of drug-likeness (QED) is 0.549. The summed E-state index contributed by atoms with van der Waals surface area (Å²) in [5.41, 5.74) is 3.07. The number of β-amino-alcohol motifs (C(OH)–C–C–N with tert-alkyl or cyclic N) is 1. The third-order valence-corrected chi connectivity index (χ3v) is 6.58. The molecule has 4 nitrogen and oxygen atoms in total. The summed E-state index contributed by atoms with van der Waals surface area (Å²) in [5, 5.41) is 26.1. The molecule has 32 heavy (non-hydrogen) atoms. The van der Waals surface area contributed by atoms with Crippen LogP contribution in [-0.4, -0.2) is 40.8 Å². The maximum atomic E-state index is 11.0. The Morgan fingerprint density at radius 3 is 2.53 bits per heavy atom. The predicted octanol–water partition coefficient (Wildman–Crippen LogP) is 4.65. The molecule has 3 aromatic carbocycles. The molecular weight excluding hydrogens is 394 g/mol. The largest absolute Gasteiger partial charge is 0.390 e. The maximum Gasteiger partial charge on any atom is 0.0991 e. The fraction of sp³-hybridized carbons (Fsp3) is 0.393. The van der Waals surface area contributed by atoms with E-state index in [1.54, 1.807) is 0 Å². The molecule has 1 aliphatic rings. The zero-order valence-electron chi connectivity index (χ0n) is 19.1. The van der Waals surface area contributed by atoms with Crippen LogP contribution in [0.1, 0.15) is 43.4 Å². The van der Waals surface area contributed by atoms with Crippen molar-refractivity contribution in [3.8, 4) is 6.07 Å². The van der Waals surface area contributed by atoms with Gasteiger partial charge in [-0.05, 0) is 73.7 Å². The number of nitrogens with zero attached hydrogens (tertiary/aromatic N) is 2. The Balaban J connectivity index is 1.33. The van der Waals surface area contributed by atoms with Gasteiger partial charge in [-0.25, -0.2) is 0 Å². The van der Waals surface area contributed by atoms with E-state index in [0.717, 1.165) is 32.4 Å². The van der Waals surface area contributed by atoms with E-state index < -0.39 is 6.10 Å². The van der Waals surface area contributed by atoms with Crippen LogP contribution in [0.15, 0.2) is 66.7 Å². The molecule has 4 heteroatoms. The minimum Gasteiger partial charge on any atom is -0.390 e. The van der Waals surface area contributed by atoms with Crippen molar-refractivity contribution in [2.45, 2.75) is 57.3 Å². The van der Waals surface area contributed by atoms with Crippen molar-refractivity contribution in [3.05, 3.63) is 83.4 Å². The highest BCUT2D eigenvalue weighted by molar-refractivity contribution is 5.83. The number of aliphatic hydroxyl groups excluding tert-OH is 1. The van der Waals surface area contributed by atoms with E-state index in [0.29, 0.717) is 12.1 Å². The lowest BCUT2D eigenvalue weighted by Gasteiger charge is -2.33. The van der Waals surface area contributed by atoms with Crippen molar-refractivity contribution in [1.82, 2.24) is 10.2 Å². The average Bonchev–Trinajstić information content (AvgIpc) is 3.26. The average molecular weight is 428 g/mol. The van der Waals surface area contributed by atoms with Gasteiger partial charge in [0.15, 0.2) is 0 Å². The normalized spacial score (nSPS) is 18.0. The van der Waals surface area contributed by atoms with E-state index in [-0.39, 0.29) is 11.6 Å². The summed E-state index contributed by atoms with van der Waals surface area (Å²) in [6, 6.07) is 25.2. The lowest BCUT2D eigenvalue weighted by Crippen LogP contribution is -2.50. The molecule has 0 radical (unpaired) electrons. The van der Waals surface area contributed by atoms with Gasteiger partial charge in [0, 0.05) is 24.7 Å². The molecule has 4 rings (SSSR count). The van der Waals surface area contributed by atoms with E-state index in [1.807, 2.05) is 24.3 Å². The summed E-state index contributed by atoms with van der Waals surface area (Å²) in [6.07, 6.45) is 2.62. The molecule has 2 atom stereocenters.